The maximum absolute atomic E-state index is 13.5. The number of nitrogens with one attached hydrogen (secondary N) is 1. The fraction of sp³-hybridized carbons (Fsp3) is 0.148. The zero-order chi connectivity index (χ0) is 23.8. The van der Waals surface area contributed by atoms with E-state index in [1.807, 2.05) is 51.9 Å². The molecule has 3 aromatic carbocycles. The number of rotatable bonds is 5. The van der Waals surface area contributed by atoms with Crippen LogP contribution in [0, 0.1) is 5.82 Å². The summed E-state index contributed by atoms with van der Waals surface area (Å²) in [4.78, 5) is 18.6. The van der Waals surface area contributed by atoms with Gasteiger partial charge in [-0.1, -0.05) is 48.2 Å². The number of hydrogen-bond donors (Lipinski definition) is 1. The number of aromatic amines is 1. The Labute approximate surface area is 205 Å². The van der Waals surface area contributed by atoms with Gasteiger partial charge in [0, 0.05) is 52.9 Å². The summed E-state index contributed by atoms with van der Waals surface area (Å²) in [5.74, 6) is 0.621. The van der Waals surface area contributed by atoms with Gasteiger partial charge in [-0.15, -0.1) is 10.2 Å². The van der Waals surface area contributed by atoms with Crippen molar-refractivity contribution in [1.29, 1.82) is 0 Å². The summed E-state index contributed by atoms with van der Waals surface area (Å²) in [6.45, 7) is 1.29. The Morgan fingerprint density at radius 3 is 2.57 bits per heavy atom. The van der Waals surface area contributed by atoms with Crippen LogP contribution in [0.3, 0.4) is 0 Å². The Morgan fingerprint density at radius 1 is 0.971 bits per heavy atom. The summed E-state index contributed by atoms with van der Waals surface area (Å²) in [5.41, 5.74) is 5.18. The predicted molar refractivity (Wildman–Crippen MR) is 135 cm³/mol. The van der Waals surface area contributed by atoms with Crippen LogP contribution in [0.5, 0.6) is 0 Å². The van der Waals surface area contributed by atoms with Crippen LogP contribution >= 0.6 is 11.8 Å². The summed E-state index contributed by atoms with van der Waals surface area (Å²) in [7, 11) is 0. The summed E-state index contributed by atoms with van der Waals surface area (Å²) in [5, 5.41) is 10.6. The standard InChI is InChI=1S/C27H22FN5OS/c28-19-12-10-18(11-13-19)26-30-31-27(33(26)20-6-2-1-3-7-20)35-17-25(34)32-15-14-24-22(16-32)21-8-4-5-9-23(21)29-24/h1-13,29H,14-17H2. The lowest BCUT2D eigenvalue weighted by molar-refractivity contribution is -0.129. The Kier molecular flexibility index (Phi) is 5.58. The Balaban J connectivity index is 1.24. The molecule has 0 radical (unpaired) electrons. The largest absolute Gasteiger partial charge is 0.358 e. The molecule has 1 aliphatic rings. The third-order valence-corrected chi connectivity index (χ3v) is 7.22. The maximum Gasteiger partial charge on any atom is 0.233 e. The number of carbonyl (C=O) groups excluding carboxylic acids is 1. The smallest absolute Gasteiger partial charge is 0.233 e. The Bertz CT molecular complexity index is 1510. The van der Waals surface area contributed by atoms with Gasteiger partial charge in [-0.3, -0.25) is 9.36 Å². The Morgan fingerprint density at radius 2 is 1.74 bits per heavy atom. The second-order valence-electron chi connectivity index (χ2n) is 8.47. The van der Waals surface area contributed by atoms with E-state index in [2.05, 4.69) is 27.3 Å². The van der Waals surface area contributed by atoms with Crippen molar-refractivity contribution in [2.45, 2.75) is 18.1 Å². The van der Waals surface area contributed by atoms with E-state index in [0.717, 1.165) is 23.2 Å². The molecule has 174 valence electrons. The van der Waals surface area contributed by atoms with Crippen LogP contribution in [0.2, 0.25) is 0 Å². The summed E-state index contributed by atoms with van der Waals surface area (Å²) < 4.78 is 15.4. The van der Waals surface area contributed by atoms with Crippen molar-refractivity contribution >= 4 is 28.6 Å². The number of amides is 1. The summed E-state index contributed by atoms with van der Waals surface area (Å²) in [6.07, 6.45) is 0.815. The minimum atomic E-state index is -0.306. The molecule has 6 nitrogen and oxygen atoms in total. The molecule has 6 rings (SSSR count). The van der Waals surface area contributed by atoms with Crippen molar-refractivity contribution in [2.75, 3.05) is 12.3 Å². The van der Waals surface area contributed by atoms with Crippen molar-refractivity contribution in [1.82, 2.24) is 24.6 Å². The fourth-order valence-corrected chi connectivity index (χ4v) is 5.41. The first-order valence-electron chi connectivity index (χ1n) is 11.4. The number of para-hydroxylation sites is 2. The molecule has 3 heterocycles. The first-order chi connectivity index (χ1) is 17.2. The normalized spacial score (nSPS) is 13.2. The van der Waals surface area contributed by atoms with E-state index in [4.69, 9.17) is 0 Å². The van der Waals surface area contributed by atoms with E-state index in [0.29, 0.717) is 24.1 Å². The molecule has 0 saturated heterocycles. The second-order valence-corrected chi connectivity index (χ2v) is 9.41. The number of benzene rings is 3. The minimum Gasteiger partial charge on any atom is -0.358 e. The minimum absolute atomic E-state index is 0.0666. The quantitative estimate of drug-likeness (QED) is 0.348. The first-order valence-corrected chi connectivity index (χ1v) is 12.4. The summed E-state index contributed by atoms with van der Waals surface area (Å²) in [6, 6.07) is 24.2. The number of nitrogens with zero attached hydrogens (tertiary/aromatic N) is 4. The zero-order valence-electron chi connectivity index (χ0n) is 18.8. The molecule has 1 aliphatic heterocycles. The molecule has 0 atom stereocenters. The van der Waals surface area contributed by atoms with Crippen LogP contribution in [0.25, 0.3) is 28.0 Å². The highest BCUT2D eigenvalue weighted by Crippen LogP contribution is 2.30. The SMILES string of the molecule is O=C(CSc1nnc(-c2ccc(F)cc2)n1-c1ccccc1)N1CCc2[nH]c3ccccc3c2C1. The van der Waals surface area contributed by atoms with Gasteiger partial charge in [-0.25, -0.2) is 4.39 Å². The predicted octanol–water partition coefficient (Wildman–Crippen LogP) is 5.23. The third-order valence-electron chi connectivity index (χ3n) is 6.31. The average molecular weight is 484 g/mol. The lowest BCUT2D eigenvalue weighted by atomic mass is 10.0. The van der Waals surface area contributed by atoms with Crippen molar-refractivity contribution in [2.24, 2.45) is 0 Å². The monoisotopic (exact) mass is 483 g/mol. The van der Waals surface area contributed by atoms with Gasteiger partial charge in [0.1, 0.15) is 5.82 Å². The van der Waals surface area contributed by atoms with Gasteiger partial charge in [0.15, 0.2) is 11.0 Å². The van der Waals surface area contributed by atoms with Crippen molar-refractivity contribution in [3.05, 3.63) is 95.9 Å². The zero-order valence-corrected chi connectivity index (χ0v) is 19.6. The van der Waals surface area contributed by atoms with Crippen molar-refractivity contribution < 1.29 is 9.18 Å². The molecular weight excluding hydrogens is 461 g/mol. The molecule has 0 unspecified atom stereocenters. The van der Waals surface area contributed by atoms with Gasteiger partial charge in [-0.2, -0.15) is 0 Å². The van der Waals surface area contributed by atoms with E-state index in [1.165, 1.54) is 40.5 Å². The lowest BCUT2D eigenvalue weighted by Crippen LogP contribution is -2.36. The number of hydrogen-bond acceptors (Lipinski definition) is 4. The van der Waals surface area contributed by atoms with Crippen LogP contribution < -0.4 is 0 Å². The van der Waals surface area contributed by atoms with Crippen LogP contribution in [0.4, 0.5) is 4.39 Å². The molecule has 0 saturated carbocycles. The van der Waals surface area contributed by atoms with Gasteiger partial charge in [-0.05, 0) is 42.5 Å². The van der Waals surface area contributed by atoms with Crippen molar-refractivity contribution in [3.8, 4) is 17.1 Å². The number of carbonyl (C=O) groups is 1. The van der Waals surface area contributed by atoms with Crippen LogP contribution in [-0.4, -0.2) is 42.9 Å². The van der Waals surface area contributed by atoms with Crippen LogP contribution in [0.15, 0.2) is 84.0 Å². The van der Waals surface area contributed by atoms with E-state index >= 15 is 0 Å². The van der Waals surface area contributed by atoms with E-state index in [9.17, 15) is 9.18 Å². The topological polar surface area (TPSA) is 66.8 Å². The van der Waals surface area contributed by atoms with Crippen LogP contribution in [-0.2, 0) is 17.8 Å². The van der Waals surface area contributed by atoms with Gasteiger partial charge >= 0.3 is 0 Å². The second kappa shape index (κ2) is 9.03. The highest BCUT2D eigenvalue weighted by Gasteiger charge is 2.25. The Hall–Kier alpha value is -3.91. The molecule has 0 fully saturated rings. The molecule has 1 N–H and O–H groups in total. The van der Waals surface area contributed by atoms with Gasteiger partial charge in [0.05, 0.1) is 5.75 Å². The number of aromatic nitrogens is 4. The van der Waals surface area contributed by atoms with Gasteiger partial charge < -0.3 is 9.88 Å². The highest BCUT2D eigenvalue weighted by atomic mass is 32.2. The third kappa shape index (κ3) is 4.10. The molecule has 5 aromatic rings. The number of fused-ring (bicyclic) bond motifs is 3. The van der Waals surface area contributed by atoms with Gasteiger partial charge in [0.25, 0.3) is 0 Å². The molecule has 0 aliphatic carbocycles. The van der Waals surface area contributed by atoms with E-state index < -0.39 is 0 Å². The highest BCUT2D eigenvalue weighted by molar-refractivity contribution is 7.99. The number of halogens is 1. The lowest BCUT2D eigenvalue weighted by Gasteiger charge is -2.27. The number of thioether (sulfide) groups is 1. The molecule has 35 heavy (non-hydrogen) atoms. The van der Waals surface area contributed by atoms with E-state index in [-0.39, 0.29) is 17.5 Å². The molecular formula is C27H22FN5OS. The maximum atomic E-state index is 13.5. The molecule has 2 aromatic heterocycles. The van der Waals surface area contributed by atoms with Crippen LogP contribution in [0.1, 0.15) is 11.3 Å². The fourth-order valence-electron chi connectivity index (χ4n) is 4.56. The van der Waals surface area contributed by atoms with Crippen molar-refractivity contribution in [3.63, 3.8) is 0 Å². The average Bonchev–Trinajstić information content (AvgIpc) is 3.49. The summed E-state index contributed by atoms with van der Waals surface area (Å²) >= 11 is 1.37. The molecule has 8 heteroatoms. The van der Waals surface area contributed by atoms with Gasteiger partial charge in [0.2, 0.25) is 5.91 Å². The molecule has 0 bridgehead atoms. The first kappa shape index (κ1) is 21.6. The number of H-pyrrole nitrogens is 1. The molecule has 1 amide bonds. The molecule has 0 spiro atoms. The van der Waals surface area contributed by atoms with E-state index in [1.54, 1.807) is 12.1 Å².